The molecule has 2 aromatic rings. The van der Waals surface area contributed by atoms with Crippen molar-refractivity contribution < 1.29 is 13.2 Å². The number of nitrogens with zero attached hydrogens (tertiary/aromatic N) is 3. The molecule has 7 nitrogen and oxygen atoms in total. The summed E-state index contributed by atoms with van der Waals surface area (Å²) in [6.07, 6.45) is 3.42. The summed E-state index contributed by atoms with van der Waals surface area (Å²) >= 11 is 6.51. The van der Waals surface area contributed by atoms with Crippen molar-refractivity contribution in [2.24, 2.45) is 5.92 Å². The van der Waals surface area contributed by atoms with Gasteiger partial charge in [0.1, 0.15) is 23.3 Å². The van der Waals surface area contributed by atoms with Crippen molar-refractivity contribution in [1.82, 2.24) is 14.2 Å². The van der Waals surface area contributed by atoms with Crippen molar-refractivity contribution in [2.45, 2.75) is 42.6 Å². The highest BCUT2D eigenvalue weighted by Crippen LogP contribution is 2.25. The Bertz CT molecular complexity index is 1010. The molecule has 0 radical (unpaired) electrons. The highest BCUT2D eigenvalue weighted by Gasteiger charge is 2.33. The van der Waals surface area contributed by atoms with E-state index in [-0.39, 0.29) is 17.2 Å². The first-order chi connectivity index (χ1) is 14.3. The van der Waals surface area contributed by atoms with E-state index in [1.54, 1.807) is 41.4 Å². The fourth-order valence-electron chi connectivity index (χ4n) is 3.54. The molecule has 1 aliphatic heterocycles. The molecule has 2 heterocycles. The van der Waals surface area contributed by atoms with Gasteiger partial charge < -0.3 is 9.47 Å². The number of benzene rings is 1. The maximum atomic E-state index is 13.2. The number of halogens is 1. The first-order valence-electron chi connectivity index (χ1n) is 9.89. The molecule has 1 fully saturated rings. The predicted molar refractivity (Wildman–Crippen MR) is 114 cm³/mol. The number of amides is 1. The summed E-state index contributed by atoms with van der Waals surface area (Å²) in [6, 6.07) is 12.2. The van der Waals surface area contributed by atoms with Crippen LogP contribution < -0.4 is 4.72 Å². The second kappa shape index (κ2) is 9.65. The Labute approximate surface area is 182 Å². The number of hydrogen-bond donors (Lipinski definition) is 1. The second-order valence-electron chi connectivity index (χ2n) is 7.58. The quantitative estimate of drug-likeness (QED) is 0.658. The van der Waals surface area contributed by atoms with Crippen molar-refractivity contribution in [1.29, 1.82) is 5.26 Å². The van der Waals surface area contributed by atoms with Crippen LogP contribution in [0.15, 0.2) is 53.6 Å². The van der Waals surface area contributed by atoms with Crippen LogP contribution in [-0.2, 0) is 14.8 Å². The summed E-state index contributed by atoms with van der Waals surface area (Å²) in [4.78, 5) is 15.0. The van der Waals surface area contributed by atoms with Gasteiger partial charge in [0.05, 0.1) is 4.90 Å². The van der Waals surface area contributed by atoms with Crippen LogP contribution in [0.1, 0.15) is 37.4 Å². The van der Waals surface area contributed by atoms with Gasteiger partial charge in [-0.25, -0.2) is 8.42 Å². The molecule has 2 atom stereocenters. The predicted octanol–water partition coefficient (Wildman–Crippen LogP) is 3.09. The van der Waals surface area contributed by atoms with Crippen LogP contribution in [0.2, 0.25) is 0 Å². The molecule has 160 valence electrons. The van der Waals surface area contributed by atoms with Gasteiger partial charge in [-0.2, -0.15) is 9.98 Å². The third-order valence-corrected chi connectivity index (χ3v) is 7.25. The van der Waals surface area contributed by atoms with Gasteiger partial charge in [0.15, 0.2) is 0 Å². The van der Waals surface area contributed by atoms with Gasteiger partial charge in [-0.1, -0.05) is 36.7 Å². The molecular formula is C21H25ClN4O3S. The van der Waals surface area contributed by atoms with Crippen LogP contribution in [0.4, 0.5) is 0 Å². The molecular weight excluding hydrogens is 424 g/mol. The molecule has 3 rings (SSSR count). The smallest absolute Gasteiger partial charge is 0.241 e. The standard InChI is InChI=1S/C21H25ClN4O3S/c1-16-9-12-25(13-10-16)21(27)19(14-20(22)26-11-5-6-17(26)15-23)24-30(28,29)18-7-3-2-4-8-18/h2-8,11,16,19-20,24H,9-10,12-14H2,1H3. The van der Waals surface area contributed by atoms with Crippen molar-refractivity contribution in [3.8, 4) is 6.07 Å². The minimum Gasteiger partial charge on any atom is -0.341 e. The molecule has 1 amide bonds. The maximum absolute atomic E-state index is 13.2. The minimum absolute atomic E-state index is 0.0157. The Morgan fingerprint density at radius 1 is 1.23 bits per heavy atom. The van der Waals surface area contributed by atoms with Gasteiger partial charge >= 0.3 is 0 Å². The van der Waals surface area contributed by atoms with Gasteiger partial charge in [0.2, 0.25) is 15.9 Å². The number of alkyl halides is 1. The minimum atomic E-state index is -3.91. The molecule has 1 N–H and O–H groups in total. The lowest BCUT2D eigenvalue weighted by Crippen LogP contribution is -2.51. The number of nitrogens with one attached hydrogen (secondary N) is 1. The van der Waals surface area contributed by atoms with E-state index < -0.39 is 21.6 Å². The number of nitriles is 1. The van der Waals surface area contributed by atoms with Gasteiger partial charge in [-0.15, -0.1) is 0 Å². The molecule has 0 bridgehead atoms. The largest absolute Gasteiger partial charge is 0.341 e. The lowest BCUT2D eigenvalue weighted by molar-refractivity contribution is -0.134. The summed E-state index contributed by atoms with van der Waals surface area (Å²) in [5.41, 5.74) is -0.412. The third-order valence-electron chi connectivity index (χ3n) is 5.37. The van der Waals surface area contributed by atoms with Gasteiger partial charge in [0, 0.05) is 25.7 Å². The highest BCUT2D eigenvalue weighted by molar-refractivity contribution is 7.89. The van der Waals surface area contributed by atoms with Crippen molar-refractivity contribution in [3.05, 3.63) is 54.4 Å². The number of sulfonamides is 1. The Balaban J connectivity index is 1.84. The zero-order chi connectivity index (χ0) is 21.7. The Morgan fingerprint density at radius 2 is 1.90 bits per heavy atom. The van der Waals surface area contributed by atoms with E-state index in [1.165, 1.54) is 16.7 Å². The lowest BCUT2D eigenvalue weighted by atomic mass is 9.98. The number of carbonyl (C=O) groups excluding carboxylic acids is 1. The molecule has 30 heavy (non-hydrogen) atoms. The number of carbonyl (C=O) groups is 1. The maximum Gasteiger partial charge on any atom is 0.241 e. The first kappa shape index (κ1) is 22.3. The summed E-state index contributed by atoms with van der Waals surface area (Å²) in [6.45, 7) is 3.31. The van der Waals surface area contributed by atoms with E-state index in [4.69, 9.17) is 11.6 Å². The van der Waals surface area contributed by atoms with E-state index in [1.807, 2.05) is 6.07 Å². The number of piperidine rings is 1. The Kier molecular flexibility index (Phi) is 7.19. The third kappa shape index (κ3) is 5.22. The molecule has 2 unspecified atom stereocenters. The number of aromatic nitrogens is 1. The van der Waals surface area contributed by atoms with Crippen LogP contribution in [0.25, 0.3) is 0 Å². The molecule has 1 saturated heterocycles. The summed E-state index contributed by atoms with van der Waals surface area (Å²) < 4.78 is 29.9. The van der Waals surface area contributed by atoms with Gasteiger partial charge in [0.25, 0.3) is 0 Å². The van der Waals surface area contributed by atoms with E-state index in [0.717, 1.165) is 12.8 Å². The van der Waals surface area contributed by atoms with Crippen LogP contribution in [0, 0.1) is 17.2 Å². The summed E-state index contributed by atoms with van der Waals surface area (Å²) in [5, 5.41) is 9.25. The molecule has 0 spiro atoms. The molecule has 9 heteroatoms. The Hall–Kier alpha value is -2.34. The molecule has 1 aromatic heterocycles. The van der Waals surface area contributed by atoms with Crippen molar-refractivity contribution in [2.75, 3.05) is 13.1 Å². The molecule has 1 aliphatic rings. The zero-order valence-electron chi connectivity index (χ0n) is 16.7. The van der Waals surface area contributed by atoms with Crippen LogP contribution >= 0.6 is 11.6 Å². The topological polar surface area (TPSA) is 95.2 Å². The molecule has 0 saturated carbocycles. The average Bonchev–Trinajstić information content (AvgIpc) is 3.23. The van der Waals surface area contributed by atoms with Gasteiger partial charge in [-0.05, 0) is 43.0 Å². The van der Waals surface area contributed by atoms with E-state index in [2.05, 4.69) is 11.6 Å². The summed E-state index contributed by atoms with van der Waals surface area (Å²) in [7, 11) is -3.91. The van der Waals surface area contributed by atoms with Crippen LogP contribution in [0.5, 0.6) is 0 Å². The summed E-state index contributed by atoms with van der Waals surface area (Å²) in [5.74, 6) is 0.241. The lowest BCUT2D eigenvalue weighted by Gasteiger charge is -2.33. The second-order valence-corrected chi connectivity index (χ2v) is 9.80. The SMILES string of the molecule is CC1CCN(C(=O)C(CC(Cl)n2cccc2C#N)NS(=O)(=O)c2ccccc2)CC1. The van der Waals surface area contributed by atoms with Crippen molar-refractivity contribution >= 4 is 27.5 Å². The van der Waals surface area contributed by atoms with Crippen LogP contribution in [-0.4, -0.2) is 42.9 Å². The number of likely N-dealkylation sites (tertiary alicyclic amines) is 1. The highest BCUT2D eigenvalue weighted by atomic mass is 35.5. The molecule has 1 aromatic carbocycles. The first-order valence-corrected chi connectivity index (χ1v) is 11.8. The molecule has 0 aliphatic carbocycles. The van der Waals surface area contributed by atoms with Gasteiger partial charge in [-0.3, -0.25) is 4.79 Å². The number of rotatable bonds is 7. The fraction of sp³-hybridized carbons (Fsp3) is 0.429. The number of hydrogen-bond acceptors (Lipinski definition) is 4. The fourth-order valence-corrected chi connectivity index (χ4v) is 5.12. The normalized spacial score (nSPS) is 17.3. The van der Waals surface area contributed by atoms with E-state index in [9.17, 15) is 18.5 Å². The monoisotopic (exact) mass is 448 g/mol. The van der Waals surface area contributed by atoms with E-state index >= 15 is 0 Å². The zero-order valence-corrected chi connectivity index (χ0v) is 18.3. The van der Waals surface area contributed by atoms with E-state index in [0.29, 0.717) is 24.7 Å². The average molecular weight is 449 g/mol. The van der Waals surface area contributed by atoms with Crippen LogP contribution in [0.3, 0.4) is 0 Å². The van der Waals surface area contributed by atoms with Crippen molar-refractivity contribution in [3.63, 3.8) is 0 Å². The Morgan fingerprint density at radius 3 is 2.53 bits per heavy atom.